The van der Waals surface area contributed by atoms with Gasteiger partial charge in [0.05, 0.1) is 0 Å². The van der Waals surface area contributed by atoms with Crippen LogP contribution in [0.5, 0.6) is 0 Å². The highest BCUT2D eigenvalue weighted by molar-refractivity contribution is 7.25. The van der Waals surface area contributed by atoms with Gasteiger partial charge in [-0.1, -0.05) is 121 Å². The summed E-state index contributed by atoms with van der Waals surface area (Å²) in [6, 6.07) is 49.2. The molecule has 0 spiro atoms. The van der Waals surface area contributed by atoms with Gasteiger partial charge in [0.2, 0.25) is 0 Å². The summed E-state index contributed by atoms with van der Waals surface area (Å²) < 4.78 is 2.51. The van der Waals surface area contributed by atoms with Gasteiger partial charge in [0, 0.05) is 36.9 Å². The molecule has 9 aromatic rings. The van der Waals surface area contributed by atoms with Crippen LogP contribution in [0.3, 0.4) is 0 Å². The van der Waals surface area contributed by atoms with E-state index in [9.17, 15) is 0 Å². The number of nitrogens with zero attached hydrogens (tertiary/aromatic N) is 3. The first-order valence-corrected chi connectivity index (χ1v) is 15.2. The summed E-state index contributed by atoms with van der Waals surface area (Å²) >= 11 is 1.80. The van der Waals surface area contributed by atoms with Crippen molar-refractivity contribution in [1.82, 2.24) is 15.0 Å². The van der Waals surface area contributed by atoms with E-state index in [1.807, 2.05) is 18.2 Å². The van der Waals surface area contributed by atoms with Crippen LogP contribution >= 0.6 is 11.3 Å². The third kappa shape index (κ3) is 3.92. The minimum atomic E-state index is 0.666. The zero-order valence-corrected chi connectivity index (χ0v) is 23.8. The fourth-order valence-corrected chi connectivity index (χ4v) is 7.40. The molecule has 0 aliphatic heterocycles. The average Bonchev–Trinajstić information content (AvgIpc) is 3.46. The van der Waals surface area contributed by atoms with Gasteiger partial charge in [-0.3, -0.25) is 0 Å². The molecule has 0 bridgehead atoms. The lowest BCUT2D eigenvalue weighted by atomic mass is 9.93. The second-order valence-corrected chi connectivity index (χ2v) is 11.9. The highest BCUT2D eigenvalue weighted by Crippen LogP contribution is 2.39. The van der Waals surface area contributed by atoms with Crippen LogP contribution in [0.4, 0.5) is 0 Å². The zero-order valence-electron chi connectivity index (χ0n) is 23.0. The zero-order chi connectivity index (χ0) is 28.3. The summed E-state index contributed by atoms with van der Waals surface area (Å²) in [4.78, 5) is 15.3. The Balaban J connectivity index is 1.34. The second-order valence-electron chi connectivity index (χ2n) is 10.8. The van der Waals surface area contributed by atoms with Crippen LogP contribution in [-0.4, -0.2) is 15.0 Å². The summed E-state index contributed by atoms with van der Waals surface area (Å²) in [6.07, 6.45) is 0. The quantitative estimate of drug-likeness (QED) is 0.200. The van der Waals surface area contributed by atoms with Gasteiger partial charge in [-0.15, -0.1) is 11.3 Å². The van der Waals surface area contributed by atoms with Crippen LogP contribution in [0.15, 0.2) is 140 Å². The van der Waals surface area contributed by atoms with Crippen molar-refractivity contribution in [3.05, 3.63) is 140 Å². The minimum absolute atomic E-state index is 0.666. The monoisotopic (exact) mass is 565 g/mol. The summed E-state index contributed by atoms with van der Waals surface area (Å²) in [6.45, 7) is 0. The lowest BCUT2D eigenvalue weighted by Gasteiger charge is -2.13. The smallest absolute Gasteiger partial charge is 0.164 e. The SMILES string of the molecule is c1ccc(-c2nc(-c3ccc4c(c3)sc3ccccc34)nc(-c3cc4c5ccccc5ccc4c4ccccc34)n2)cc1. The number of aromatic nitrogens is 3. The molecule has 7 aromatic carbocycles. The van der Waals surface area contributed by atoms with Gasteiger partial charge in [-0.05, 0) is 50.5 Å². The maximum atomic E-state index is 5.18. The topological polar surface area (TPSA) is 38.7 Å². The van der Waals surface area contributed by atoms with E-state index in [1.165, 1.54) is 47.1 Å². The molecule has 43 heavy (non-hydrogen) atoms. The van der Waals surface area contributed by atoms with Crippen molar-refractivity contribution >= 4 is 63.8 Å². The highest BCUT2D eigenvalue weighted by atomic mass is 32.1. The van der Waals surface area contributed by atoms with E-state index in [0.29, 0.717) is 17.5 Å². The first-order valence-electron chi connectivity index (χ1n) is 14.4. The predicted octanol–water partition coefficient (Wildman–Crippen LogP) is 10.7. The predicted molar refractivity (Wildman–Crippen MR) is 182 cm³/mol. The molecule has 0 amide bonds. The molecule has 2 heterocycles. The van der Waals surface area contributed by atoms with E-state index in [4.69, 9.17) is 15.0 Å². The maximum absolute atomic E-state index is 5.18. The van der Waals surface area contributed by atoms with Crippen molar-refractivity contribution in [2.24, 2.45) is 0 Å². The van der Waals surface area contributed by atoms with Gasteiger partial charge in [-0.2, -0.15) is 0 Å². The standard InChI is InChI=1S/C39H23N3S/c1-2-11-25(12-3-1)37-40-38(26-19-21-32-31-16-8-9-17-35(31)43-36(32)22-26)42-39(41-37)34-23-33-27-13-5-4-10-24(27)18-20-30(33)28-14-6-7-15-29(28)34/h1-23H. The molecule has 0 aliphatic rings. The second kappa shape index (κ2) is 9.55. The summed E-state index contributed by atoms with van der Waals surface area (Å²) in [5.74, 6) is 2.01. The lowest BCUT2D eigenvalue weighted by Crippen LogP contribution is -2.00. The number of thiophene rings is 1. The Labute approximate surface area is 251 Å². The van der Waals surface area contributed by atoms with E-state index in [1.54, 1.807) is 11.3 Å². The Kier molecular flexibility index (Phi) is 5.37. The summed E-state index contributed by atoms with van der Waals surface area (Å²) in [5, 5.41) is 9.72. The van der Waals surface area contributed by atoms with Gasteiger partial charge in [0.1, 0.15) is 0 Å². The minimum Gasteiger partial charge on any atom is -0.208 e. The molecule has 4 heteroatoms. The molecule has 9 rings (SSSR count). The van der Waals surface area contributed by atoms with E-state index >= 15 is 0 Å². The fourth-order valence-electron chi connectivity index (χ4n) is 6.25. The highest BCUT2D eigenvalue weighted by Gasteiger charge is 2.17. The van der Waals surface area contributed by atoms with Crippen molar-refractivity contribution < 1.29 is 0 Å². The Morgan fingerprint density at radius 3 is 1.81 bits per heavy atom. The first kappa shape index (κ1) is 24.2. The normalized spacial score (nSPS) is 11.7. The van der Waals surface area contributed by atoms with E-state index in [-0.39, 0.29) is 0 Å². The van der Waals surface area contributed by atoms with Gasteiger partial charge >= 0.3 is 0 Å². The van der Waals surface area contributed by atoms with Crippen molar-refractivity contribution in [1.29, 1.82) is 0 Å². The van der Waals surface area contributed by atoms with Crippen LogP contribution in [0.2, 0.25) is 0 Å². The molecule has 0 unspecified atom stereocenters. The molecule has 0 fully saturated rings. The molecular weight excluding hydrogens is 543 g/mol. The van der Waals surface area contributed by atoms with Gasteiger partial charge in [-0.25, -0.2) is 15.0 Å². The molecule has 3 nitrogen and oxygen atoms in total. The molecule has 0 N–H and O–H groups in total. The fraction of sp³-hybridized carbons (Fsp3) is 0. The Bertz CT molecular complexity index is 2510. The molecular formula is C39H23N3S. The van der Waals surface area contributed by atoms with E-state index in [0.717, 1.165) is 22.1 Å². The maximum Gasteiger partial charge on any atom is 0.164 e. The van der Waals surface area contributed by atoms with Crippen LogP contribution in [0.25, 0.3) is 86.7 Å². The molecule has 0 radical (unpaired) electrons. The van der Waals surface area contributed by atoms with E-state index < -0.39 is 0 Å². The van der Waals surface area contributed by atoms with Crippen LogP contribution in [0, 0.1) is 0 Å². The third-order valence-electron chi connectivity index (χ3n) is 8.31. The first-order chi connectivity index (χ1) is 21.3. The Morgan fingerprint density at radius 2 is 0.953 bits per heavy atom. The van der Waals surface area contributed by atoms with Crippen molar-refractivity contribution in [2.75, 3.05) is 0 Å². The van der Waals surface area contributed by atoms with Crippen molar-refractivity contribution in [3.63, 3.8) is 0 Å². The Hall–Kier alpha value is -5.45. The molecule has 0 aliphatic carbocycles. The molecule has 2 aromatic heterocycles. The lowest BCUT2D eigenvalue weighted by molar-refractivity contribution is 1.08. The molecule has 0 saturated carbocycles. The van der Waals surface area contributed by atoms with Crippen molar-refractivity contribution in [3.8, 4) is 34.2 Å². The largest absolute Gasteiger partial charge is 0.208 e. The number of rotatable bonds is 3. The van der Waals surface area contributed by atoms with Crippen LogP contribution < -0.4 is 0 Å². The van der Waals surface area contributed by atoms with Gasteiger partial charge in [0.25, 0.3) is 0 Å². The summed E-state index contributed by atoms with van der Waals surface area (Å²) in [5.41, 5.74) is 2.95. The molecule has 200 valence electrons. The molecule has 0 atom stereocenters. The average molecular weight is 566 g/mol. The number of hydrogen-bond donors (Lipinski definition) is 0. The number of fused-ring (bicyclic) bond motifs is 8. The van der Waals surface area contributed by atoms with Crippen LogP contribution in [0.1, 0.15) is 0 Å². The Morgan fingerprint density at radius 1 is 0.349 bits per heavy atom. The van der Waals surface area contributed by atoms with Crippen LogP contribution in [-0.2, 0) is 0 Å². The van der Waals surface area contributed by atoms with Gasteiger partial charge < -0.3 is 0 Å². The molecule has 0 saturated heterocycles. The van der Waals surface area contributed by atoms with Crippen molar-refractivity contribution in [2.45, 2.75) is 0 Å². The van der Waals surface area contributed by atoms with Gasteiger partial charge in [0.15, 0.2) is 17.5 Å². The number of hydrogen-bond acceptors (Lipinski definition) is 4. The number of benzene rings is 7. The van der Waals surface area contributed by atoms with E-state index in [2.05, 4.69) is 121 Å². The third-order valence-corrected chi connectivity index (χ3v) is 9.45. The summed E-state index contributed by atoms with van der Waals surface area (Å²) in [7, 11) is 0.